The first kappa shape index (κ1) is 11.2. The van der Waals surface area contributed by atoms with Crippen molar-refractivity contribution in [2.75, 3.05) is 34.3 Å². The van der Waals surface area contributed by atoms with Crippen LogP contribution in [0.4, 0.5) is 0 Å². The topological polar surface area (TPSA) is 20.2 Å². The zero-order valence-electron chi connectivity index (χ0n) is 5.69. The lowest BCUT2D eigenvalue weighted by Gasteiger charge is -2.21. The molecule has 0 spiro atoms. The van der Waals surface area contributed by atoms with Gasteiger partial charge >= 0.3 is 0 Å². The third-order valence-corrected chi connectivity index (χ3v) is 0.771. The summed E-state index contributed by atoms with van der Waals surface area (Å²) < 4.78 is 0.844. The number of hydrogen-bond donors (Lipinski definition) is 1. The highest BCUT2D eigenvalue weighted by Crippen LogP contribution is 1.84. The van der Waals surface area contributed by atoms with Crippen molar-refractivity contribution in [3.8, 4) is 0 Å². The number of halogens is 1. The number of nitrogens with zero attached hydrogens (tertiary/aromatic N) is 1. The van der Waals surface area contributed by atoms with Crippen molar-refractivity contribution in [3.05, 3.63) is 0 Å². The summed E-state index contributed by atoms with van der Waals surface area (Å²) in [5.41, 5.74) is 0. The van der Waals surface area contributed by atoms with Crippen LogP contribution >= 0.6 is 0 Å². The quantitative estimate of drug-likeness (QED) is 0.273. The molecule has 0 heterocycles. The maximum atomic E-state index is 8.39. The second kappa shape index (κ2) is 4.30. The number of quaternary nitrogens is 1. The van der Waals surface area contributed by atoms with Gasteiger partial charge < -0.3 is 26.6 Å². The van der Waals surface area contributed by atoms with E-state index in [2.05, 4.69) is 21.1 Å². The van der Waals surface area contributed by atoms with Crippen molar-refractivity contribution >= 4 is 0 Å². The van der Waals surface area contributed by atoms with Crippen LogP contribution in [0, 0.1) is 0 Å². The third kappa shape index (κ3) is 9.64. The zero-order valence-corrected chi connectivity index (χ0v) is 7.27. The van der Waals surface area contributed by atoms with Gasteiger partial charge in [0.1, 0.15) is 6.54 Å². The van der Waals surface area contributed by atoms with Crippen LogP contribution in [0.5, 0.6) is 0 Å². The fourth-order valence-electron chi connectivity index (χ4n) is 0.300. The summed E-state index contributed by atoms with van der Waals surface area (Å²) in [4.78, 5) is 0. The van der Waals surface area contributed by atoms with Crippen LogP contribution in [0.1, 0.15) is 0 Å². The zero-order chi connectivity index (χ0) is 5.91. The monoisotopic (exact) mass is 187 g/mol. The summed E-state index contributed by atoms with van der Waals surface area (Å²) in [7, 11) is 6.16. The minimum absolute atomic E-state index is 0. The van der Waals surface area contributed by atoms with Gasteiger partial charge in [0.2, 0.25) is 0 Å². The van der Waals surface area contributed by atoms with Crippen molar-refractivity contribution in [1.82, 2.24) is 0 Å². The van der Waals surface area contributed by atoms with Crippen molar-refractivity contribution in [2.24, 2.45) is 0 Å². The molecule has 0 rings (SSSR count). The van der Waals surface area contributed by atoms with Crippen LogP contribution in [0.15, 0.2) is 0 Å². The maximum Gasteiger partial charge on any atom is 0.101 e. The van der Waals surface area contributed by atoms with E-state index < -0.39 is 0 Å². The van der Waals surface area contributed by atoms with Gasteiger partial charge in [-0.25, -0.2) is 0 Å². The van der Waals surface area contributed by atoms with E-state index in [-0.39, 0.29) is 23.6 Å². The summed E-state index contributed by atoms with van der Waals surface area (Å²) in [5, 5.41) is 8.39. The van der Waals surface area contributed by atoms with E-state index in [1.165, 1.54) is 0 Å². The Morgan fingerprint density at radius 1 is 1.25 bits per heavy atom. The summed E-state index contributed by atoms with van der Waals surface area (Å²) >= 11 is 0. The lowest BCUT2D eigenvalue weighted by Crippen LogP contribution is -3.00. The lowest BCUT2D eigenvalue weighted by atomic mass is 10.7. The van der Waals surface area contributed by atoms with Gasteiger partial charge in [-0.05, 0) is 0 Å². The molecular formula is C5H14BrNO. The number of aliphatic hydroxyl groups is 1. The van der Waals surface area contributed by atoms with Gasteiger partial charge in [0.25, 0.3) is 0 Å². The molecule has 0 bridgehead atoms. The summed E-state index contributed by atoms with van der Waals surface area (Å²) in [6.07, 6.45) is 0. The highest BCUT2D eigenvalue weighted by atomic mass is 79.9. The Balaban J connectivity index is 0. The van der Waals surface area contributed by atoms with Crippen molar-refractivity contribution in [3.63, 3.8) is 0 Å². The molecule has 1 N–H and O–H groups in total. The number of likely N-dealkylation sites (N-methyl/N-ethyl adjacent to an activating group) is 1. The van der Waals surface area contributed by atoms with Crippen molar-refractivity contribution in [2.45, 2.75) is 0 Å². The molecule has 0 saturated carbocycles. The number of hydrogen-bond acceptors (Lipinski definition) is 1. The van der Waals surface area contributed by atoms with Crippen LogP contribution in [0.3, 0.4) is 0 Å². The summed E-state index contributed by atoms with van der Waals surface area (Å²) in [6, 6.07) is 0. The van der Waals surface area contributed by atoms with Gasteiger partial charge in [0, 0.05) is 0 Å². The van der Waals surface area contributed by atoms with Gasteiger partial charge in [-0.2, -0.15) is 0 Å². The molecule has 0 fully saturated rings. The Labute approximate surface area is 61.5 Å². The fourth-order valence-corrected chi connectivity index (χ4v) is 0.300. The van der Waals surface area contributed by atoms with Gasteiger partial charge in [-0.3, -0.25) is 0 Å². The lowest BCUT2D eigenvalue weighted by molar-refractivity contribution is -0.870. The average Bonchev–Trinajstić information content (AvgIpc) is 1.30. The molecule has 0 aliphatic heterocycles. The largest absolute Gasteiger partial charge is 1.00 e. The third-order valence-electron chi connectivity index (χ3n) is 0.771. The molecule has 0 aliphatic carbocycles. The molecule has 0 saturated heterocycles. The number of aliphatic hydroxyl groups excluding tert-OH is 1. The minimum atomic E-state index is 0. The number of rotatable bonds is 2. The smallest absolute Gasteiger partial charge is 0.101 e. The molecule has 0 radical (unpaired) electrons. The van der Waals surface area contributed by atoms with E-state index >= 15 is 0 Å². The van der Waals surface area contributed by atoms with Gasteiger partial charge in [0.05, 0.1) is 27.7 Å². The first-order valence-corrected chi connectivity index (χ1v) is 2.47. The van der Waals surface area contributed by atoms with E-state index in [1.54, 1.807) is 0 Å². The molecule has 0 aromatic heterocycles. The molecule has 0 amide bonds. The molecule has 0 atom stereocenters. The first-order valence-electron chi connectivity index (χ1n) is 2.47. The van der Waals surface area contributed by atoms with E-state index in [0.717, 1.165) is 11.0 Å². The molecule has 8 heavy (non-hydrogen) atoms. The normalized spacial score (nSPS) is 10.5. The molecule has 0 aromatic rings. The van der Waals surface area contributed by atoms with Crippen LogP contribution < -0.4 is 17.0 Å². The van der Waals surface area contributed by atoms with Gasteiger partial charge in [-0.1, -0.05) is 0 Å². The predicted octanol–water partition coefficient (Wildman–Crippen LogP) is -3.31. The van der Waals surface area contributed by atoms with Crippen LogP contribution in [-0.2, 0) is 0 Å². The van der Waals surface area contributed by atoms with Crippen LogP contribution in [0.25, 0.3) is 0 Å². The maximum absolute atomic E-state index is 8.39. The molecule has 0 unspecified atom stereocenters. The van der Waals surface area contributed by atoms with Gasteiger partial charge in [-0.15, -0.1) is 0 Å². The average molecular weight is 188 g/mol. The SMILES string of the molecule is [13CH3][15N+]([13CH3])([13CH3])CCO.[Br-]. The van der Waals surface area contributed by atoms with Crippen LogP contribution in [-0.4, -0.2) is 43.9 Å². The Hall–Kier alpha value is 0.400. The second-order valence-corrected chi connectivity index (χ2v) is 2.74. The standard InChI is InChI=1S/C5H14NO.BrH/c1-6(2,3)4-5-7;/h7H,4-5H2,1-3H3;1H/q+1;/p-1/i1+1,2+1,3+1,6+1;. The van der Waals surface area contributed by atoms with E-state index in [0.29, 0.717) is 0 Å². The van der Waals surface area contributed by atoms with Crippen LogP contribution in [0.2, 0.25) is 0 Å². The molecular weight excluding hydrogens is 174 g/mol. The van der Waals surface area contributed by atoms with E-state index in [4.69, 9.17) is 5.11 Å². The highest BCUT2D eigenvalue weighted by molar-refractivity contribution is 4.19. The molecule has 0 aromatic carbocycles. The Kier molecular flexibility index (Phi) is 6.03. The van der Waals surface area contributed by atoms with E-state index in [9.17, 15) is 0 Å². The summed E-state index contributed by atoms with van der Waals surface area (Å²) in [5.74, 6) is 0. The minimum Gasteiger partial charge on any atom is -1.00 e. The fraction of sp³-hybridized carbons (Fsp3) is 1.00. The first-order chi connectivity index (χ1) is 3.06. The molecule has 52 valence electrons. The second-order valence-electron chi connectivity index (χ2n) is 2.74. The predicted molar refractivity (Wildman–Crippen MR) is 30.0 cm³/mol. The molecule has 2 nitrogen and oxygen atoms in total. The Morgan fingerprint density at radius 2 is 1.62 bits per heavy atom. The molecule has 0 aliphatic rings. The summed E-state index contributed by atoms with van der Waals surface area (Å²) in [6.45, 7) is 1.11. The molecule has 3 heteroatoms. The Bertz CT molecular complexity index is 50.9. The van der Waals surface area contributed by atoms with E-state index in [1.807, 2.05) is 0 Å². The Morgan fingerprint density at radius 3 is 1.62 bits per heavy atom. The highest BCUT2D eigenvalue weighted by Gasteiger charge is 2.02. The van der Waals surface area contributed by atoms with Gasteiger partial charge in [0.15, 0.2) is 0 Å². The van der Waals surface area contributed by atoms with Crippen molar-refractivity contribution < 1.29 is 26.6 Å². The van der Waals surface area contributed by atoms with Crippen molar-refractivity contribution in [1.29, 1.82) is 0 Å².